The van der Waals surface area contributed by atoms with Gasteiger partial charge in [-0.25, -0.2) is 4.68 Å². The molecule has 25 heavy (non-hydrogen) atoms. The molecule has 0 saturated heterocycles. The Balaban J connectivity index is 1.60. The van der Waals surface area contributed by atoms with Gasteiger partial charge < -0.3 is 10.8 Å². The molecule has 0 saturated carbocycles. The summed E-state index contributed by atoms with van der Waals surface area (Å²) < 4.78 is 3.53. The first kappa shape index (κ1) is 15.4. The molecule has 0 spiro atoms. The Morgan fingerprint density at radius 1 is 1.32 bits per heavy atom. The number of carboxylic acid groups (broad SMARTS) is 1. The number of rotatable bonds is 4. The van der Waals surface area contributed by atoms with E-state index in [-0.39, 0.29) is 11.9 Å². The van der Waals surface area contributed by atoms with Crippen molar-refractivity contribution in [2.45, 2.75) is 25.4 Å². The highest BCUT2D eigenvalue weighted by molar-refractivity contribution is 5.72. The molecule has 3 heterocycles. The van der Waals surface area contributed by atoms with Crippen LogP contribution in [0.15, 0.2) is 42.7 Å². The van der Waals surface area contributed by atoms with Crippen molar-refractivity contribution in [1.82, 2.24) is 24.5 Å². The van der Waals surface area contributed by atoms with Gasteiger partial charge in [0.25, 0.3) is 0 Å². The van der Waals surface area contributed by atoms with Crippen molar-refractivity contribution in [3.8, 4) is 0 Å². The SMILES string of the molecule is Nc1nc2n(n1)CC(c1cnn(Cc3ccccc3)c1)C(C(=O)O)C2. The molecule has 1 aromatic carbocycles. The standard InChI is InChI=1S/C17H18N6O2/c18-17-20-15-6-13(16(24)25)14(10-23(15)21-17)12-7-19-22(9-12)8-11-4-2-1-3-5-11/h1-5,7,9,13-14H,6,8,10H2,(H2,18,21)(H,24,25). The van der Waals surface area contributed by atoms with Crippen LogP contribution in [0.4, 0.5) is 5.95 Å². The molecule has 8 nitrogen and oxygen atoms in total. The molecule has 128 valence electrons. The average molecular weight is 338 g/mol. The van der Waals surface area contributed by atoms with Crippen molar-refractivity contribution >= 4 is 11.9 Å². The largest absolute Gasteiger partial charge is 0.481 e. The molecule has 1 aliphatic heterocycles. The molecule has 1 aliphatic rings. The Morgan fingerprint density at radius 3 is 2.88 bits per heavy atom. The number of nitrogens with zero attached hydrogens (tertiary/aromatic N) is 5. The minimum Gasteiger partial charge on any atom is -0.481 e. The molecule has 3 N–H and O–H groups in total. The van der Waals surface area contributed by atoms with E-state index in [1.165, 1.54) is 0 Å². The Labute approximate surface area is 143 Å². The third-order valence-corrected chi connectivity index (χ3v) is 4.61. The topological polar surface area (TPSA) is 112 Å². The van der Waals surface area contributed by atoms with Gasteiger partial charge in [-0.3, -0.25) is 9.48 Å². The molecule has 4 rings (SSSR count). The summed E-state index contributed by atoms with van der Waals surface area (Å²) in [4.78, 5) is 15.9. The molecular formula is C17H18N6O2. The average Bonchev–Trinajstić information content (AvgIpc) is 3.19. The lowest BCUT2D eigenvalue weighted by Gasteiger charge is -2.27. The molecule has 3 aromatic rings. The third kappa shape index (κ3) is 2.98. The van der Waals surface area contributed by atoms with Gasteiger partial charge in [0.05, 0.1) is 25.2 Å². The van der Waals surface area contributed by atoms with Gasteiger partial charge in [-0.15, -0.1) is 5.10 Å². The van der Waals surface area contributed by atoms with Crippen LogP contribution < -0.4 is 5.73 Å². The summed E-state index contributed by atoms with van der Waals surface area (Å²) in [6.45, 7) is 1.08. The van der Waals surface area contributed by atoms with Crippen LogP contribution >= 0.6 is 0 Å². The molecule has 0 radical (unpaired) electrons. The summed E-state index contributed by atoms with van der Waals surface area (Å²) in [5.41, 5.74) is 7.68. The number of anilines is 1. The second-order valence-electron chi connectivity index (χ2n) is 6.28. The van der Waals surface area contributed by atoms with Gasteiger partial charge in [-0.1, -0.05) is 30.3 Å². The number of hydrogen-bond acceptors (Lipinski definition) is 5. The fourth-order valence-corrected chi connectivity index (χ4v) is 3.37. The minimum absolute atomic E-state index is 0.180. The second-order valence-corrected chi connectivity index (χ2v) is 6.28. The summed E-state index contributed by atoms with van der Waals surface area (Å²) in [6, 6.07) is 10.0. The minimum atomic E-state index is -0.839. The molecular weight excluding hydrogens is 320 g/mol. The Kier molecular flexibility index (Phi) is 3.72. The zero-order chi connectivity index (χ0) is 17.4. The summed E-state index contributed by atoms with van der Waals surface area (Å²) in [5.74, 6) is -0.813. The van der Waals surface area contributed by atoms with Crippen LogP contribution in [0.3, 0.4) is 0 Å². The van der Waals surface area contributed by atoms with Gasteiger partial charge in [0.1, 0.15) is 5.82 Å². The Morgan fingerprint density at radius 2 is 2.12 bits per heavy atom. The lowest BCUT2D eigenvalue weighted by Crippen LogP contribution is -2.33. The quantitative estimate of drug-likeness (QED) is 0.738. The Hall–Kier alpha value is -3.16. The molecule has 2 atom stereocenters. The lowest BCUT2D eigenvalue weighted by atomic mass is 9.83. The lowest BCUT2D eigenvalue weighted by molar-refractivity contribution is -0.143. The molecule has 2 aromatic heterocycles. The third-order valence-electron chi connectivity index (χ3n) is 4.61. The van der Waals surface area contributed by atoms with E-state index in [0.29, 0.717) is 25.3 Å². The molecule has 0 bridgehead atoms. The highest BCUT2D eigenvalue weighted by Crippen LogP contribution is 2.33. The number of benzene rings is 1. The maximum Gasteiger partial charge on any atom is 0.307 e. The number of fused-ring (bicyclic) bond motifs is 1. The van der Waals surface area contributed by atoms with Crippen LogP contribution in [-0.2, 0) is 24.3 Å². The number of aromatic nitrogens is 5. The van der Waals surface area contributed by atoms with Crippen molar-refractivity contribution in [2.75, 3.05) is 5.73 Å². The normalized spacial score (nSPS) is 19.5. The fraction of sp³-hybridized carbons (Fsp3) is 0.294. The van der Waals surface area contributed by atoms with Crippen LogP contribution in [0.2, 0.25) is 0 Å². The van der Waals surface area contributed by atoms with Crippen molar-refractivity contribution in [2.24, 2.45) is 5.92 Å². The zero-order valence-corrected chi connectivity index (χ0v) is 13.5. The van der Waals surface area contributed by atoms with Gasteiger partial charge >= 0.3 is 5.97 Å². The number of carboxylic acids is 1. The van der Waals surface area contributed by atoms with E-state index in [1.807, 2.05) is 41.2 Å². The monoisotopic (exact) mass is 338 g/mol. The molecule has 8 heteroatoms. The van der Waals surface area contributed by atoms with Crippen LogP contribution in [0.1, 0.15) is 22.9 Å². The van der Waals surface area contributed by atoms with Crippen molar-refractivity contribution in [1.29, 1.82) is 0 Å². The molecule has 0 amide bonds. The first-order valence-corrected chi connectivity index (χ1v) is 8.08. The van der Waals surface area contributed by atoms with E-state index < -0.39 is 11.9 Å². The maximum absolute atomic E-state index is 11.7. The van der Waals surface area contributed by atoms with E-state index in [2.05, 4.69) is 15.2 Å². The number of carbonyl (C=O) groups is 1. The van der Waals surface area contributed by atoms with E-state index in [9.17, 15) is 9.90 Å². The van der Waals surface area contributed by atoms with Gasteiger partial charge in [0, 0.05) is 18.5 Å². The van der Waals surface area contributed by atoms with E-state index in [0.717, 1.165) is 11.1 Å². The predicted octanol–water partition coefficient (Wildman–Crippen LogP) is 1.15. The van der Waals surface area contributed by atoms with Gasteiger partial charge in [0.2, 0.25) is 5.95 Å². The zero-order valence-electron chi connectivity index (χ0n) is 13.5. The first-order valence-electron chi connectivity index (χ1n) is 8.08. The first-order chi connectivity index (χ1) is 12.1. The highest BCUT2D eigenvalue weighted by atomic mass is 16.4. The van der Waals surface area contributed by atoms with Crippen LogP contribution in [0.5, 0.6) is 0 Å². The van der Waals surface area contributed by atoms with Crippen molar-refractivity contribution in [3.05, 3.63) is 59.7 Å². The van der Waals surface area contributed by atoms with Crippen LogP contribution in [0, 0.1) is 5.92 Å². The summed E-state index contributed by atoms with van der Waals surface area (Å²) in [7, 11) is 0. The number of nitrogens with two attached hydrogens (primary N) is 1. The molecule has 0 aliphatic carbocycles. The van der Waals surface area contributed by atoms with Crippen molar-refractivity contribution < 1.29 is 9.90 Å². The van der Waals surface area contributed by atoms with Crippen LogP contribution in [-0.4, -0.2) is 35.6 Å². The van der Waals surface area contributed by atoms with Crippen molar-refractivity contribution in [3.63, 3.8) is 0 Å². The second kappa shape index (κ2) is 6.04. The summed E-state index contributed by atoms with van der Waals surface area (Å²) in [5, 5.41) is 18.2. The molecule has 0 fully saturated rings. The van der Waals surface area contributed by atoms with Gasteiger partial charge in [-0.05, 0) is 11.1 Å². The van der Waals surface area contributed by atoms with E-state index in [1.54, 1.807) is 10.9 Å². The van der Waals surface area contributed by atoms with E-state index in [4.69, 9.17) is 5.73 Å². The number of aliphatic carboxylic acids is 1. The fourth-order valence-electron chi connectivity index (χ4n) is 3.37. The smallest absolute Gasteiger partial charge is 0.307 e. The van der Waals surface area contributed by atoms with E-state index >= 15 is 0 Å². The predicted molar refractivity (Wildman–Crippen MR) is 89.8 cm³/mol. The number of hydrogen-bond donors (Lipinski definition) is 2. The van der Waals surface area contributed by atoms with Gasteiger partial charge in [-0.2, -0.15) is 10.1 Å². The van der Waals surface area contributed by atoms with Crippen LogP contribution in [0.25, 0.3) is 0 Å². The van der Waals surface area contributed by atoms with Gasteiger partial charge in [0.15, 0.2) is 0 Å². The summed E-state index contributed by atoms with van der Waals surface area (Å²) >= 11 is 0. The summed E-state index contributed by atoms with van der Waals surface area (Å²) in [6.07, 6.45) is 3.97. The maximum atomic E-state index is 11.7. The molecule has 2 unspecified atom stereocenters. The Bertz CT molecular complexity index is 901. The highest BCUT2D eigenvalue weighted by Gasteiger charge is 2.37. The number of nitrogen functional groups attached to an aromatic ring is 1.